The van der Waals surface area contributed by atoms with Crippen molar-refractivity contribution in [3.05, 3.63) is 27.3 Å². The minimum Gasteiger partial charge on any atom is -0.504 e. The van der Waals surface area contributed by atoms with Gasteiger partial charge in [-0.3, -0.25) is 10.1 Å². The van der Waals surface area contributed by atoms with E-state index in [1.807, 2.05) is 0 Å². The number of nitrogens with zero attached hydrogens (tertiary/aromatic N) is 2. The van der Waals surface area contributed by atoms with E-state index in [1.54, 1.807) is 0 Å². The summed E-state index contributed by atoms with van der Waals surface area (Å²) < 4.78 is 4.28. The van der Waals surface area contributed by atoms with Gasteiger partial charge >= 0.3 is 11.7 Å². The molecule has 0 bridgehead atoms. The summed E-state index contributed by atoms with van der Waals surface area (Å²) >= 11 is 0. The van der Waals surface area contributed by atoms with Crippen molar-refractivity contribution in [2.45, 2.75) is 0 Å². The molecule has 1 aromatic carbocycles. The van der Waals surface area contributed by atoms with Crippen LogP contribution >= 0.6 is 0 Å². The van der Waals surface area contributed by atoms with Crippen molar-refractivity contribution in [3.63, 3.8) is 0 Å². The number of phenolic OH excluding ortho intramolecular Hbond substituents is 2. The average molecular weight is 238 g/mol. The summed E-state index contributed by atoms with van der Waals surface area (Å²) in [6.45, 7) is 0. The van der Waals surface area contributed by atoms with Crippen LogP contribution in [0.1, 0.15) is 15.9 Å². The number of esters is 1. The van der Waals surface area contributed by atoms with E-state index < -0.39 is 39.2 Å². The molecule has 8 nitrogen and oxygen atoms in total. The van der Waals surface area contributed by atoms with Crippen molar-refractivity contribution in [2.75, 3.05) is 7.11 Å². The molecule has 88 valence electrons. The fourth-order valence-corrected chi connectivity index (χ4v) is 1.22. The van der Waals surface area contributed by atoms with Crippen LogP contribution in [0.3, 0.4) is 0 Å². The third kappa shape index (κ3) is 1.93. The summed E-state index contributed by atoms with van der Waals surface area (Å²) in [6, 6.07) is 2.24. The molecule has 0 saturated heterocycles. The Kier molecular flexibility index (Phi) is 3.14. The molecule has 0 atom stereocenters. The van der Waals surface area contributed by atoms with Gasteiger partial charge in [-0.25, -0.2) is 4.79 Å². The van der Waals surface area contributed by atoms with E-state index in [1.165, 1.54) is 6.07 Å². The molecular weight excluding hydrogens is 232 g/mol. The average Bonchev–Trinajstić information content (AvgIpc) is 2.30. The van der Waals surface area contributed by atoms with Crippen molar-refractivity contribution in [1.82, 2.24) is 0 Å². The summed E-state index contributed by atoms with van der Waals surface area (Å²) in [5.41, 5.74) is -2.22. The quantitative estimate of drug-likeness (QED) is 0.334. The number of carbonyl (C=O) groups excluding carboxylic acids is 1. The van der Waals surface area contributed by atoms with Crippen LogP contribution in [0.4, 0.5) is 5.69 Å². The summed E-state index contributed by atoms with van der Waals surface area (Å²) in [5.74, 6) is -3.10. The van der Waals surface area contributed by atoms with Crippen LogP contribution in [0.5, 0.6) is 11.5 Å². The standard InChI is InChI=1S/C9H6N2O6/c1-17-9(14)6-4(3-10)2-5(12)8(13)7(6)11(15)16/h2,12-13H,1H3. The normalized spacial score (nSPS) is 9.41. The summed E-state index contributed by atoms with van der Waals surface area (Å²) in [6.07, 6.45) is 0. The van der Waals surface area contributed by atoms with Gasteiger partial charge in [0.25, 0.3) is 0 Å². The second-order valence-corrected chi connectivity index (χ2v) is 2.88. The van der Waals surface area contributed by atoms with E-state index in [9.17, 15) is 25.1 Å². The number of rotatable bonds is 2. The molecule has 1 rings (SSSR count). The maximum absolute atomic E-state index is 11.3. The summed E-state index contributed by atoms with van der Waals surface area (Å²) in [5, 5.41) is 37.9. The number of nitro benzene ring substituents is 1. The van der Waals surface area contributed by atoms with Gasteiger partial charge in [0.2, 0.25) is 5.75 Å². The van der Waals surface area contributed by atoms with Crippen molar-refractivity contribution in [2.24, 2.45) is 0 Å². The van der Waals surface area contributed by atoms with E-state index in [0.717, 1.165) is 13.2 Å². The first-order valence-electron chi connectivity index (χ1n) is 4.15. The zero-order valence-corrected chi connectivity index (χ0v) is 8.50. The molecule has 0 radical (unpaired) electrons. The second kappa shape index (κ2) is 4.36. The van der Waals surface area contributed by atoms with Crippen LogP contribution in [-0.4, -0.2) is 28.2 Å². The lowest BCUT2D eigenvalue weighted by Gasteiger charge is -2.06. The Morgan fingerprint density at radius 2 is 2.18 bits per heavy atom. The van der Waals surface area contributed by atoms with Crippen molar-refractivity contribution < 1.29 is 24.7 Å². The van der Waals surface area contributed by atoms with Gasteiger partial charge in [-0.15, -0.1) is 0 Å². The first-order valence-corrected chi connectivity index (χ1v) is 4.15. The molecule has 0 amide bonds. The smallest absolute Gasteiger partial charge is 0.346 e. The van der Waals surface area contributed by atoms with Crippen LogP contribution in [0.15, 0.2) is 6.07 Å². The van der Waals surface area contributed by atoms with Crippen LogP contribution < -0.4 is 0 Å². The molecule has 0 spiro atoms. The fourth-order valence-electron chi connectivity index (χ4n) is 1.22. The van der Waals surface area contributed by atoms with E-state index in [0.29, 0.717) is 0 Å². The van der Waals surface area contributed by atoms with Gasteiger partial charge in [-0.1, -0.05) is 0 Å². The number of ether oxygens (including phenoxy) is 1. The van der Waals surface area contributed by atoms with Gasteiger partial charge in [0.05, 0.1) is 17.6 Å². The highest BCUT2D eigenvalue weighted by Crippen LogP contribution is 2.40. The molecule has 0 fully saturated rings. The Hall–Kier alpha value is -2.82. The molecule has 0 aliphatic heterocycles. The highest BCUT2D eigenvalue weighted by Gasteiger charge is 2.32. The molecule has 0 heterocycles. The Morgan fingerprint density at radius 3 is 2.59 bits per heavy atom. The van der Waals surface area contributed by atoms with E-state index in [-0.39, 0.29) is 0 Å². The van der Waals surface area contributed by atoms with Crippen molar-refractivity contribution >= 4 is 11.7 Å². The number of aromatic hydroxyl groups is 2. The van der Waals surface area contributed by atoms with Crippen LogP contribution in [-0.2, 0) is 4.74 Å². The number of methoxy groups -OCH3 is 1. The van der Waals surface area contributed by atoms with Gasteiger partial charge in [0, 0.05) is 6.07 Å². The number of carbonyl (C=O) groups is 1. The highest BCUT2D eigenvalue weighted by atomic mass is 16.6. The Balaban J connectivity index is 3.76. The minimum absolute atomic E-state index is 0.459. The number of nitro groups is 1. The largest absolute Gasteiger partial charge is 0.504 e. The van der Waals surface area contributed by atoms with Gasteiger partial charge in [-0.05, 0) is 0 Å². The topological polar surface area (TPSA) is 134 Å². The predicted octanol–water partition coefficient (Wildman–Crippen LogP) is 0.664. The van der Waals surface area contributed by atoms with E-state index in [2.05, 4.69) is 4.74 Å². The first-order chi connectivity index (χ1) is 7.93. The summed E-state index contributed by atoms with van der Waals surface area (Å²) in [4.78, 5) is 20.9. The third-order valence-corrected chi connectivity index (χ3v) is 1.95. The zero-order chi connectivity index (χ0) is 13.2. The lowest BCUT2D eigenvalue weighted by atomic mass is 10.0. The zero-order valence-electron chi connectivity index (χ0n) is 8.50. The number of nitriles is 1. The fraction of sp³-hybridized carbons (Fsp3) is 0.111. The lowest BCUT2D eigenvalue weighted by molar-refractivity contribution is -0.386. The van der Waals surface area contributed by atoms with Gasteiger partial charge < -0.3 is 14.9 Å². The molecule has 0 aliphatic carbocycles. The van der Waals surface area contributed by atoms with E-state index in [4.69, 9.17) is 5.26 Å². The first kappa shape index (κ1) is 12.3. The van der Waals surface area contributed by atoms with Gasteiger partial charge in [0.1, 0.15) is 6.07 Å². The number of hydrogen-bond acceptors (Lipinski definition) is 7. The number of benzene rings is 1. The SMILES string of the molecule is COC(=O)c1c(C#N)cc(O)c(O)c1[N+](=O)[O-]. The van der Waals surface area contributed by atoms with Crippen molar-refractivity contribution in [1.29, 1.82) is 5.26 Å². The third-order valence-electron chi connectivity index (χ3n) is 1.95. The monoisotopic (exact) mass is 238 g/mol. The number of hydrogen-bond donors (Lipinski definition) is 2. The molecule has 1 aromatic rings. The molecule has 8 heteroatoms. The Labute approximate surface area is 94.4 Å². The highest BCUT2D eigenvalue weighted by molar-refractivity contribution is 5.98. The molecule has 0 aromatic heterocycles. The molecular formula is C9H6N2O6. The van der Waals surface area contributed by atoms with Gasteiger partial charge in [-0.2, -0.15) is 5.26 Å². The maximum atomic E-state index is 11.3. The van der Waals surface area contributed by atoms with Crippen LogP contribution in [0, 0.1) is 21.4 Å². The Bertz CT molecular complexity index is 545. The minimum atomic E-state index is -1.15. The molecule has 0 aliphatic rings. The van der Waals surface area contributed by atoms with E-state index >= 15 is 0 Å². The van der Waals surface area contributed by atoms with Crippen LogP contribution in [0.2, 0.25) is 0 Å². The molecule has 0 saturated carbocycles. The lowest BCUT2D eigenvalue weighted by Crippen LogP contribution is -2.08. The Morgan fingerprint density at radius 1 is 1.59 bits per heavy atom. The molecule has 2 N–H and O–H groups in total. The second-order valence-electron chi connectivity index (χ2n) is 2.88. The number of phenols is 2. The van der Waals surface area contributed by atoms with Crippen molar-refractivity contribution in [3.8, 4) is 17.6 Å². The van der Waals surface area contributed by atoms with Gasteiger partial charge in [0.15, 0.2) is 11.3 Å². The maximum Gasteiger partial charge on any atom is 0.346 e. The van der Waals surface area contributed by atoms with Crippen LogP contribution in [0.25, 0.3) is 0 Å². The predicted molar refractivity (Wildman–Crippen MR) is 52.5 cm³/mol. The molecule has 17 heavy (non-hydrogen) atoms. The summed E-state index contributed by atoms with van der Waals surface area (Å²) in [7, 11) is 0.969. The molecule has 0 unspecified atom stereocenters.